The molecule has 0 aliphatic carbocycles. The first kappa shape index (κ1) is 16.0. The smallest absolute Gasteiger partial charge is 0.267 e. The van der Waals surface area contributed by atoms with E-state index in [0.717, 1.165) is 17.0 Å². The molecule has 128 valence electrons. The number of hydrogen-bond donors (Lipinski definition) is 1. The Morgan fingerprint density at radius 3 is 2.23 bits per heavy atom. The molecule has 2 aromatic heterocycles. The molecule has 0 bridgehead atoms. The standard InChI is InChI=1S/C20H17N5O/c1-13-12-14(2)22-20(21-13)24-25-18(15-8-4-3-5-9-15)23-17-11-7-6-10-16(17)19(25)26/h3-12H,1-2H3,(H,21,22,24). The van der Waals surface area contributed by atoms with Crippen LogP contribution in [-0.4, -0.2) is 19.6 Å². The summed E-state index contributed by atoms with van der Waals surface area (Å²) in [6.45, 7) is 3.78. The van der Waals surface area contributed by atoms with Gasteiger partial charge in [0.25, 0.3) is 5.56 Å². The Hall–Kier alpha value is -3.54. The van der Waals surface area contributed by atoms with Gasteiger partial charge in [-0.05, 0) is 32.0 Å². The topological polar surface area (TPSA) is 72.7 Å². The van der Waals surface area contributed by atoms with E-state index in [1.807, 2.05) is 68.4 Å². The Labute approximate surface area is 150 Å². The Balaban J connectivity index is 1.97. The van der Waals surface area contributed by atoms with Gasteiger partial charge in [0.1, 0.15) is 0 Å². The zero-order chi connectivity index (χ0) is 18.1. The predicted molar refractivity (Wildman–Crippen MR) is 102 cm³/mol. The summed E-state index contributed by atoms with van der Waals surface area (Å²) in [6, 6.07) is 18.7. The molecule has 0 spiro atoms. The van der Waals surface area contributed by atoms with Crippen molar-refractivity contribution in [2.24, 2.45) is 0 Å². The van der Waals surface area contributed by atoms with Crippen LogP contribution in [0, 0.1) is 13.8 Å². The van der Waals surface area contributed by atoms with E-state index in [1.165, 1.54) is 4.68 Å². The fourth-order valence-electron chi connectivity index (χ4n) is 2.89. The minimum atomic E-state index is -0.197. The van der Waals surface area contributed by atoms with E-state index in [1.54, 1.807) is 6.07 Å². The molecule has 0 saturated heterocycles. The van der Waals surface area contributed by atoms with Gasteiger partial charge >= 0.3 is 0 Å². The Kier molecular flexibility index (Phi) is 3.93. The van der Waals surface area contributed by atoms with Crippen molar-refractivity contribution in [2.45, 2.75) is 13.8 Å². The number of rotatable bonds is 3. The van der Waals surface area contributed by atoms with Crippen molar-refractivity contribution in [3.63, 3.8) is 0 Å². The van der Waals surface area contributed by atoms with E-state index >= 15 is 0 Å². The highest BCUT2D eigenvalue weighted by molar-refractivity contribution is 5.79. The number of benzene rings is 2. The first-order valence-electron chi connectivity index (χ1n) is 8.28. The third kappa shape index (κ3) is 2.93. The van der Waals surface area contributed by atoms with E-state index in [-0.39, 0.29) is 5.56 Å². The molecule has 2 aromatic carbocycles. The third-order valence-corrected chi connectivity index (χ3v) is 4.00. The van der Waals surface area contributed by atoms with Gasteiger partial charge in [-0.2, -0.15) is 4.68 Å². The fourth-order valence-corrected chi connectivity index (χ4v) is 2.89. The van der Waals surface area contributed by atoms with Crippen LogP contribution in [0.25, 0.3) is 22.3 Å². The average molecular weight is 343 g/mol. The van der Waals surface area contributed by atoms with Crippen LogP contribution in [0.5, 0.6) is 0 Å². The van der Waals surface area contributed by atoms with Crippen LogP contribution in [0.2, 0.25) is 0 Å². The van der Waals surface area contributed by atoms with Gasteiger partial charge < -0.3 is 0 Å². The van der Waals surface area contributed by atoms with E-state index in [4.69, 9.17) is 4.98 Å². The van der Waals surface area contributed by atoms with Gasteiger partial charge in [0.2, 0.25) is 5.95 Å². The van der Waals surface area contributed by atoms with Gasteiger partial charge in [-0.25, -0.2) is 15.0 Å². The minimum absolute atomic E-state index is 0.197. The van der Waals surface area contributed by atoms with Crippen molar-refractivity contribution in [1.29, 1.82) is 0 Å². The number of para-hydroxylation sites is 1. The Bertz CT molecular complexity index is 1130. The molecule has 0 amide bonds. The third-order valence-electron chi connectivity index (χ3n) is 4.00. The molecule has 0 aliphatic rings. The molecule has 1 N–H and O–H groups in total. The van der Waals surface area contributed by atoms with E-state index < -0.39 is 0 Å². The quantitative estimate of drug-likeness (QED) is 0.617. The highest BCUT2D eigenvalue weighted by Gasteiger charge is 2.14. The summed E-state index contributed by atoms with van der Waals surface area (Å²) in [6.07, 6.45) is 0. The second-order valence-corrected chi connectivity index (χ2v) is 6.05. The van der Waals surface area contributed by atoms with Crippen LogP contribution in [0.4, 0.5) is 5.95 Å². The van der Waals surface area contributed by atoms with Crippen LogP contribution in [-0.2, 0) is 0 Å². The van der Waals surface area contributed by atoms with Crippen LogP contribution < -0.4 is 11.0 Å². The van der Waals surface area contributed by atoms with Gasteiger partial charge in [-0.1, -0.05) is 42.5 Å². The molecule has 0 unspecified atom stereocenters. The second kappa shape index (κ2) is 6.40. The summed E-state index contributed by atoms with van der Waals surface area (Å²) < 4.78 is 1.41. The summed E-state index contributed by atoms with van der Waals surface area (Å²) in [5.41, 5.74) is 5.96. The number of nitrogens with one attached hydrogen (secondary N) is 1. The van der Waals surface area contributed by atoms with Crippen molar-refractivity contribution in [1.82, 2.24) is 19.6 Å². The number of aromatic nitrogens is 4. The molecule has 0 fully saturated rings. The molecular formula is C20H17N5O. The molecule has 0 saturated carbocycles. The van der Waals surface area contributed by atoms with Crippen LogP contribution >= 0.6 is 0 Å². The number of fused-ring (bicyclic) bond motifs is 1. The van der Waals surface area contributed by atoms with Gasteiger partial charge in [0.15, 0.2) is 5.82 Å². The maximum atomic E-state index is 13.1. The lowest BCUT2D eigenvalue weighted by molar-refractivity contribution is 0.858. The van der Waals surface area contributed by atoms with Crippen molar-refractivity contribution >= 4 is 16.9 Å². The van der Waals surface area contributed by atoms with Gasteiger partial charge in [0.05, 0.1) is 10.9 Å². The number of anilines is 1. The lowest BCUT2D eigenvalue weighted by atomic mass is 10.2. The molecule has 26 heavy (non-hydrogen) atoms. The van der Waals surface area contributed by atoms with Crippen molar-refractivity contribution in [3.8, 4) is 11.4 Å². The summed E-state index contributed by atoms with van der Waals surface area (Å²) >= 11 is 0. The van der Waals surface area contributed by atoms with Crippen LogP contribution in [0.3, 0.4) is 0 Å². The number of nitrogens with zero attached hydrogens (tertiary/aromatic N) is 4. The second-order valence-electron chi connectivity index (χ2n) is 6.05. The predicted octanol–water partition coefficient (Wildman–Crippen LogP) is 3.35. The zero-order valence-corrected chi connectivity index (χ0v) is 14.5. The first-order chi connectivity index (χ1) is 12.6. The maximum absolute atomic E-state index is 13.1. The SMILES string of the molecule is Cc1cc(C)nc(Nn2c(-c3ccccc3)nc3ccccc3c2=O)n1. The summed E-state index contributed by atoms with van der Waals surface area (Å²) in [7, 11) is 0. The highest BCUT2D eigenvalue weighted by Crippen LogP contribution is 2.18. The molecule has 0 radical (unpaired) electrons. The zero-order valence-electron chi connectivity index (χ0n) is 14.5. The highest BCUT2D eigenvalue weighted by atomic mass is 16.1. The van der Waals surface area contributed by atoms with E-state index in [0.29, 0.717) is 22.7 Å². The van der Waals surface area contributed by atoms with Gasteiger partial charge in [-0.3, -0.25) is 10.2 Å². The fraction of sp³-hybridized carbons (Fsp3) is 0.100. The van der Waals surface area contributed by atoms with E-state index in [2.05, 4.69) is 15.4 Å². The normalized spacial score (nSPS) is 10.8. The summed E-state index contributed by atoms with van der Waals surface area (Å²) in [4.78, 5) is 26.5. The number of aryl methyl sites for hydroxylation is 2. The molecule has 6 nitrogen and oxygen atoms in total. The minimum Gasteiger partial charge on any atom is -0.267 e. The van der Waals surface area contributed by atoms with Crippen LogP contribution in [0.1, 0.15) is 11.4 Å². The summed E-state index contributed by atoms with van der Waals surface area (Å²) in [5.74, 6) is 0.871. The van der Waals surface area contributed by atoms with Crippen LogP contribution in [0.15, 0.2) is 65.5 Å². The van der Waals surface area contributed by atoms with Gasteiger partial charge in [0, 0.05) is 17.0 Å². The maximum Gasteiger partial charge on any atom is 0.280 e. The Morgan fingerprint density at radius 2 is 1.50 bits per heavy atom. The van der Waals surface area contributed by atoms with Crippen molar-refractivity contribution in [3.05, 3.63) is 82.4 Å². The van der Waals surface area contributed by atoms with Gasteiger partial charge in [-0.15, -0.1) is 0 Å². The summed E-state index contributed by atoms with van der Waals surface area (Å²) in [5, 5.41) is 0.532. The van der Waals surface area contributed by atoms with Crippen molar-refractivity contribution in [2.75, 3.05) is 5.43 Å². The molecule has 4 rings (SSSR count). The average Bonchev–Trinajstić information content (AvgIpc) is 2.64. The monoisotopic (exact) mass is 343 g/mol. The van der Waals surface area contributed by atoms with Crippen molar-refractivity contribution < 1.29 is 0 Å². The number of hydrogen-bond acceptors (Lipinski definition) is 5. The molecular weight excluding hydrogens is 326 g/mol. The van der Waals surface area contributed by atoms with E-state index in [9.17, 15) is 4.79 Å². The first-order valence-corrected chi connectivity index (χ1v) is 8.28. The molecule has 6 heteroatoms. The lowest BCUT2D eigenvalue weighted by Crippen LogP contribution is -2.30. The largest absolute Gasteiger partial charge is 0.280 e. The molecule has 4 aromatic rings. The molecule has 0 atom stereocenters. The molecule has 2 heterocycles. The Morgan fingerprint density at radius 1 is 0.846 bits per heavy atom. The molecule has 0 aliphatic heterocycles. The lowest BCUT2D eigenvalue weighted by Gasteiger charge is -2.15.